The Morgan fingerprint density at radius 3 is 2.50 bits per heavy atom. The lowest BCUT2D eigenvalue weighted by molar-refractivity contribution is 0.0953. The molecule has 0 bridgehead atoms. The largest absolute Gasteiger partial charge is 0.352 e. The van der Waals surface area contributed by atoms with Gasteiger partial charge in [0.25, 0.3) is 5.91 Å². The number of hydrogen-bond donors (Lipinski definition) is 1. The molecule has 30 heavy (non-hydrogen) atoms. The second-order valence-corrected chi connectivity index (χ2v) is 6.88. The molecule has 152 valence electrons. The number of para-hydroxylation sites is 1. The number of nitrogens with zero attached hydrogens (tertiary/aromatic N) is 4. The molecular weight excluding hydrogens is 381 g/mol. The van der Waals surface area contributed by atoms with Crippen molar-refractivity contribution in [3.63, 3.8) is 0 Å². The minimum Gasteiger partial charge on any atom is -0.352 e. The van der Waals surface area contributed by atoms with Crippen molar-refractivity contribution in [3.05, 3.63) is 95.8 Å². The molecule has 7 heteroatoms. The summed E-state index contributed by atoms with van der Waals surface area (Å²) in [5, 5.41) is 11.7. The predicted molar refractivity (Wildman–Crippen MR) is 113 cm³/mol. The number of carbonyl (C=O) groups is 1. The summed E-state index contributed by atoms with van der Waals surface area (Å²) >= 11 is 0. The van der Waals surface area contributed by atoms with E-state index in [0.717, 1.165) is 22.6 Å². The van der Waals surface area contributed by atoms with Crippen LogP contribution in [0.1, 0.15) is 28.5 Å². The Bertz CT molecular complexity index is 1130. The third-order valence-electron chi connectivity index (χ3n) is 4.88. The van der Waals surface area contributed by atoms with Gasteiger partial charge in [-0.05, 0) is 54.8 Å². The van der Waals surface area contributed by atoms with Crippen LogP contribution in [0.5, 0.6) is 0 Å². The first-order valence-electron chi connectivity index (χ1n) is 9.85. The van der Waals surface area contributed by atoms with Gasteiger partial charge >= 0.3 is 0 Å². The topological polar surface area (TPSA) is 64.7 Å². The van der Waals surface area contributed by atoms with E-state index in [1.54, 1.807) is 23.0 Å². The number of halogens is 1. The van der Waals surface area contributed by atoms with Gasteiger partial charge in [0.2, 0.25) is 0 Å². The zero-order valence-corrected chi connectivity index (χ0v) is 16.6. The summed E-state index contributed by atoms with van der Waals surface area (Å²) in [5.41, 5.74) is 4.07. The summed E-state index contributed by atoms with van der Waals surface area (Å²) in [6.07, 6.45) is 6.63. The number of aromatic nitrogens is 4. The fourth-order valence-electron chi connectivity index (χ4n) is 3.34. The number of hydrogen-bond acceptors (Lipinski definition) is 3. The lowest BCUT2D eigenvalue weighted by Crippen LogP contribution is -2.26. The van der Waals surface area contributed by atoms with E-state index in [9.17, 15) is 9.18 Å². The molecule has 4 rings (SSSR count). The van der Waals surface area contributed by atoms with E-state index in [2.05, 4.69) is 15.5 Å². The van der Waals surface area contributed by atoms with Crippen molar-refractivity contribution in [2.45, 2.75) is 19.8 Å². The number of amides is 1. The molecule has 2 aromatic carbocycles. The summed E-state index contributed by atoms with van der Waals surface area (Å²) in [6.45, 7) is 2.45. The molecule has 0 aliphatic heterocycles. The van der Waals surface area contributed by atoms with Crippen molar-refractivity contribution in [2.24, 2.45) is 0 Å². The Morgan fingerprint density at radius 1 is 1.00 bits per heavy atom. The number of nitrogens with one attached hydrogen (secondary N) is 1. The summed E-state index contributed by atoms with van der Waals surface area (Å²) in [4.78, 5) is 12.7. The molecule has 6 nitrogen and oxygen atoms in total. The molecular formula is C23H22FN5O. The standard InChI is InChI=1S/C23H22FN5O/c1-2-22-21(15-27-29(22)20-10-8-18(24)9-11-20)23(30)25-13-12-17-14-26-28(16-17)19-6-4-3-5-7-19/h3-11,14-16H,2,12-13H2,1H3,(H,25,30). The molecule has 0 fully saturated rings. The number of benzene rings is 2. The van der Waals surface area contributed by atoms with E-state index in [0.29, 0.717) is 24.9 Å². The molecule has 0 radical (unpaired) electrons. The third-order valence-corrected chi connectivity index (χ3v) is 4.88. The molecule has 0 aliphatic rings. The van der Waals surface area contributed by atoms with E-state index in [1.807, 2.05) is 54.3 Å². The second-order valence-electron chi connectivity index (χ2n) is 6.88. The van der Waals surface area contributed by atoms with Gasteiger partial charge in [0.1, 0.15) is 5.82 Å². The SMILES string of the molecule is CCc1c(C(=O)NCCc2cnn(-c3ccccc3)c2)cnn1-c1ccc(F)cc1. The molecule has 2 aromatic heterocycles. The lowest BCUT2D eigenvalue weighted by atomic mass is 10.1. The molecule has 0 saturated heterocycles. The number of carbonyl (C=O) groups excluding carboxylic acids is 1. The first-order valence-corrected chi connectivity index (χ1v) is 9.85. The molecule has 0 unspecified atom stereocenters. The fraction of sp³-hybridized carbons (Fsp3) is 0.174. The van der Waals surface area contributed by atoms with Crippen molar-refractivity contribution >= 4 is 5.91 Å². The maximum Gasteiger partial charge on any atom is 0.254 e. The van der Waals surface area contributed by atoms with Crippen LogP contribution in [0.3, 0.4) is 0 Å². The van der Waals surface area contributed by atoms with Gasteiger partial charge in [-0.1, -0.05) is 25.1 Å². The molecule has 0 aliphatic carbocycles. The highest BCUT2D eigenvalue weighted by atomic mass is 19.1. The average molecular weight is 403 g/mol. The summed E-state index contributed by atoms with van der Waals surface area (Å²) in [6, 6.07) is 15.9. The van der Waals surface area contributed by atoms with Crippen LogP contribution in [-0.2, 0) is 12.8 Å². The smallest absolute Gasteiger partial charge is 0.254 e. The Kier molecular flexibility index (Phi) is 5.70. The van der Waals surface area contributed by atoms with Gasteiger partial charge in [0.05, 0.1) is 35.0 Å². The van der Waals surface area contributed by atoms with E-state index >= 15 is 0 Å². The molecule has 4 aromatic rings. The Labute approximate surface area is 174 Å². The van der Waals surface area contributed by atoms with Crippen LogP contribution in [0, 0.1) is 5.82 Å². The van der Waals surface area contributed by atoms with E-state index in [1.165, 1.54) is 12.1 Å². The maximum absolute atomic E-state index is 13.2. The molecule has 1 N–H and O–H groups in total. The van der Waals surface area contributed by atoms with Crippen LogP contribution in [0.15, 0.2) is 73.2 Å². The summed E-state index contributed by atoms with van der Waals surface area (Å²) in [7, 11) is 0. The van der Waals surface area contributed by atoms with Crippen LogP contribution < -0.4 is 5.32 Å². The van der Waals surface area contributed by atoms with Gasteiger partial charge in [-0.2, -0.15) is 10.2 Å². The van der Waals surface area contributed by atoms with Crippen molar-refractivity contribution in [1.82, 2.24) is 24.9 Å². The van der Waals surface area contributed by atoms with Crippen molar-refractivity contribution < 1.29 is 9.18 Å². The minimum atomic E-state index is -0.308. The zero-order valence-electron chi connectivity index (χ0n) is 16.6. The first kappa shape index (κ1) is 19.6. The zero-order chi connectivity index (χ0) is 20.9. The van der Waals surface area contributed by atoms with Crippen LogP contribution >= 0.6 is 0 Å². The summed E-state index contributed by atoms with van der Waals surface area (Å²) < 4.78 is 16.7. The van der Waals surface area contributed by atoms with E-state index in [-0.39, 0.29) is 11.7 Å². The van der Waals surface area contributed by atoms with Gasteiger partial charge in [0.15, 0.2) is 0 Å². The molecule has 1 amide bonds. The van der Waals surface area contributed by atoms with E-state index in [4.69, 9.17) is 0 Å². The first-order chi connectivity index (χ1) is 14.7. The lowest BCUT2D eigenvalue weighted by Gasteiger charge is -2.08. The van der Waals surface area contributed by atoms with E-state index < -0.39 is 0 Å². The molecule has 0 spiro atoms. The quantitative estimate of drug-likeness (QED) is 0.511. The maximum atomic E-state index is 13.2. The highest BCUT2D eigenvalue weighted by molar-refractivity contribution is 5.95. The average Bonchev–Trinajstić information content (AvgIpc) is 3.42. The number of rotatable bonds is 7. The Hall–Kier alpha value is -3.74. The summed E-state index contributed by atoms with van der Waals surface area (Å²) in [5.74, 6) is -0.479. The Balaban J connectivity index is 1.40. The van der Waals surface area contributed by atoms with Crippen LogP contribution in [-0.4, -0.2) is 32.0 Å². The van der Waals surface area contributed by atoms with Gasteiger partial charge < -0.3 is 5.32 Å². The fourth-order valence-corrected chi connectivity index (χ4v) is 3.34. The van der Waals surface area contributed by atoms with Gasteiger partial charge in [-0.15, -0.1) is 0 Å². The van der Waals surface area contributed by atoms with Crippen LogP contribution in [0.4, 0.5) is 4.39 Å². The second kappa shape index (κ2) is 8.73. The molecule has 2 heterocycles. The van der Waals surface area contributed by atoms with Crippen molar-refractivity contribution in [1.29, 1.82) is 0 Å². The van der Waals surface area contributed by atoms with Crippen LogP contribution in [0.25, 0.3) is 11.4 Å². The highest BCUT2D eigenvalue weighted by Gasteiger charge is 2.17. The van der Waals surface area contributed by atoms with Gasteiger partial charge in [-0.3, -0.25) is 4.79 Å². The van der Waals surface area contributed by atoms with Gasteiger partial charge in [0, 0.05) is 12.7 Å². The van der Waals surface area contributed by atoms with Crippen molar-refractivity contribution in [3.8, 4) is 11.4 Å². The third kappa shape index (κ3) is 4.15. The minimum absolute atomic E-state index is 0.171. The highest BCUT2D eigenvalue weighted by Crippen LogP contribution is 2.16. The van der Waals surface area contributed by atoms with Crippen LogP contribution in [0.2, 0.25) is 0 Å². The normalized spacial score (nSPS) is 10.9. The Morgan fingerprint density at radius 2 is 1.77 bits per heavy atom. The monoisotopic (exact) mass is 403 g/mol. The van der Waals surface area contributed by atoms with Gasteiger partial charge in [-0.25, -0.2) is 13.8 Å². The molecule has 0 atom stereocenters. The molecule has 0 saturated carbocycles. The van der Waals surface area contributed by atoms with Crippen molar-refractivity contribution in [2.75, 3.05) is 6.54 Å². The predicted octanol–water partition coefficient (Wildman–Crippen LogP) is 3.73.